The van der Waals surface area contributed by atoms with Crippen LogP contribution in [-0.2, 0) is 22.6 Å². The van der Waals surface area contributed by atoms with E-state index in [2.05, 4.69) is 29.2 Å². The molecule has 3 heteroatoms. The van der Waals surface area contributed by atoms with Gasteiger partial charge in [-0.1, -0.05) is 24.3 Å². The van der Waals surface area contributed by atoms with Gasteiger partial charge in [0.15, 0.2) is 6.29 Å². The van der Waals surface area contributed by atoms with Crippen molar-refractivity contribution in [3.8, 4) is 0 Å². The molecule has 0 aliphatic carbocycles. The molecule has 1 aromatic carbocycles. The quantitative estimate of drug-likeness (QED) is 0.548. The second-order valence-electron chi connectivity index (χ2n) is 4.88. The smallest absolute Gasteiger partial charge is 0.156 e. The lowest BCUT2D eigenvalue weighted by molar-refractivity contribution is -0.107. The highest BCUT2D eigenvalue weighted by molar-refractivity contribution is 5.30. The highest BCUT2D eigenvalue weighted by atomic mass is 16.7. The van der Waals surface area contributed by atoms with Gasteiger partial charge in [0.25, 0.3) is 0 Å². The normalized spacial score (nSPS) is 15.3. The molecule has 0 saturated carbocycles. The number of benzene rings is 1. The Morgan fingerprint density at radius 3 is 2.22 bits per heavy atom. The van der Waals surface area contributed by atoms with Crippen molar-refractivity contribution in [1.82, 2.24) is 4.90 Å². The zero-order chi connectivity index (χ0) is 12.8. The van der Waals surface area contributed by atoms with Gasteiger partial charge >= 0.3 is 0 Å². The maximum atomic E-state index is 5.19. The summed E-state index contributed by atoms with van der Waals surface area (Å²) in [6, 6.07) is 8.73. The fourth-order valence-electron chi connectivity index (χ4n) is 2.54. The van der Waals surface area contributed by atoms with E-state index in [4.69, 9.17) is 9.47 Å². The average Bonchev–Trinajstić information content (AvgIpc) is 2.81. The monoisotopic (exact) mass is 249 g/mol. The minimum Gasteiger partial charge on any atom is -0.356 e. The van der Waals surface area contributed by atoms with Gasteiger partial charge < -0.3 is 9.47 Å². The maximum absolute atomic E-state index is 5.19. The number of ether oxygens (including phenoxy) is 2. The predicted octanol–water partition coefficient (Wildman–Crippen LogP) is 2.79. The van der Waals surface area contributed by atoms with E-state index < -0.39 is 0 Å². The molecule has 1 aliphatic rings. The van der Waals surface area contributed by atoms with Gasteiger partial charge in [-0.15, -0.1) is 0 Å². The van der Waals surface area contributed by atoms with Crippen LogP contribution in [0.1, 0.15) is 30.4 Å². The second kappa shape index (κ2) is 6.88. The van der Waals surface area contributed by atoms with E-state index >= 15 is 0 Å². The first-order valence-electron chi connectivity index (χ1n) is 6.68. The molecule has 100 valence electrons. The highest BCUT2D eigenvalue weighted by Gasteiger charge is 2.17. The standard InChI is InChI=1S/C15H23NO2/c1-17-15(18-2)9-5-6-10-16-11-13-7-3-4-8-14(13)12-16/h3-4,7-8,15H,5-6,9-12H2,1-2H3. The number of hydrogen-bond acceptors (Lipinski definition) is 3. The van der Waals surface area contributed by atoms with Crippen LogP contribution in [0.2, 0.25) is 0 Å². The molecular weight excluding hydrogens is 226 g/mol. The summed E-state index contributed by atoms with van der Waals surface area (Å²) in [4.78, 5) is 2.51. The van der Waals surface area contributed by atoms with Crippen LogP contribution in [0.5, 0.6) is 0 Å². The van der Waals surface area contributed by atoms with E-state index in [0.717, 1.165) is 32.5 Å². The zero-order valence-corrected chi connectivity index (χ0v) is 11.4. The SMILES string of the molecule is COC(CCCCN1Cc2ccccc2C1)OC. The molecule has 0 unspecified atom stereocenters. The molecule has 1 aromatic rings. The molecule has 0 aromatic heterocycles. The molecule has 0 saturated heterocycles. The molecule has 0 bridgehead atoms. The molecule has 0 atom stereocenters. The fraction of sp³-hybridized carbons (Fsp3) is 0.600. The first kappa shape index (κ1) is 13.5. The van der Waals surface area contributed by atoms with Crippen molar-refractivity contribution in [3.05, 3.63) is 35.4 Å². The Kier molecular flexibility index (Phi) is 5.17. The van der Waals surface area contributed by atoms with Crippen molar-refractivity contribution in [2.24, 2.45) is 0 Å². The number of rotatable bonds is 7. The van der Waals surface area contributed by atoms with Gasteiger partial charge in [0.05, 0.1) is 0 Å². The highest BCUT2D eigenvalue weighted by Crippen LogP contribution is 2.22. The van der Waals surface area contributed by atoms with E-state index in [1.54, 1.807) is 14.2 Å². The number of hydrogen-bond donors (Lipinski definition) is 0. The Morgan fingerprint density at radius 2 is 1.67 bits per heavy atom. The summed E-state index contributed by atoms with van der Waals surface area (Å²) >= 11 is 0. The maximum Gasteiger partial charge on any atom is 0.156 e. The number of nitrogens with zero attached hydrogens (tertiary/aromatic N) is 1. The van der Waals surface area contributed by atoms with E-state index in [-0.39, 0.29) is 6.29 Å². The average molecular weight is 249 g/mol. The van der Waals surface area contributed by atoms with E-state index in [1.807, 2.05) is 0 Å². The van der Waals surface area contributed by atoms with Crippen LogP contribution in [0, 0.1) is 0 Å². The molecule has 1 heterocycles. The molecule has 1 aliphatic heterocycles. The third-order valence-electron chi connectivity index (χ3n) is 3.60. The molecule has 0 spiro atoms. The first-order chi connectivity index (χ1) is 8.83. The van der Waals surface area contributed by atoms with Crippen LogP contribution in [-0.4, -0.2) is 32.0 Å². The van der Waals surface area contributed by atoms with E-state index in [9.17, 15) is 0 Å². The largest absolute Gasteiger partial charge is 0.356 e. The van der Waals surface area contributed by atoms with Crippen molar-refractivity contribution in [3.63, 3.8) is 0 Å². The topological polar surface area (TPSA) is 21.7 Å². The molecule has 3 nitrogen and oxygen atoms in total. The molecule has 0 amide bonds. The van der Waals surface area contributed by atoms with Crippen molar-refractivity contribution in [2.45, 2.75) is 38.6 Å². The van der Waals surface area contributed by atoms with Gasteiger partial charge in [-0.05, 0) is 36.9 Å². The molecule has 0 N–H and O–H groups in total. The van der Waals surface area contributed by atoms with Crippen molar-refractivity contribution in [2.75, 3.05) is 20.8 Å². The van der Waals surface area contributed by atoms with E-state index in [0.29, 0.717) is 0 Å². The number of fused-ring (bicyclic) bond motifs is 1. The predicted molar refractivity (Wildman–Crippen MR) is 72.2 cm³/mol. The van der Waals surface area contributed by atoms with E-state index in [1.165, 1.54) is 17.5 Å². The van der Waals surface area contributed by atoms with Crippen LogP contribution in [0.3, 0.4) is 0 Å². The summed E-state index contributed by atoms with van der Waals surface area (Å²) in [7, 11) is 3.40. The lowest BCUT2D eigenvalue weighted by atomic mass is 10.1. The van der Waals surface area contributed by atoms with Crippen molar-refractivity contribution >= 4 is 0 Å². The van der Waals surface area contributed by atoms with Crippen molar-refractivity contribution < 1.29 is 9.47 Å². The van der Waals surface area contributed by atoms with Crippen LogP contribution < -0.4 is 0 Å². The Bertz CT molecular complexity index is 338. The summed E-state index contributed by atoms with van der Waals surface area (Å²) in [6.45, 7) is 3.37. The van der Waals surface area contributed by atoms with Gasteiger partial charge in [0.1, 0.15) is 0 Å². The second-order valence-corrected chi connectivity index (χ2v) is 4.88. The molecule has 0 radical (unpaired) electrons. The van der Waals surface area contributed by atoms with Crippen LogP contribution >= 0.6 is 0 Å². The van der Waals surface area contributed by atoms with Crippen molar-refractivity contribution in [1.29, 1.82) is 0 Å². The summed E-state index contributed by atoms with van der Waals surface area (Å²) < 4.78 is 10.4. The number of unbranched alkanes of at least 4 members (excludes halogenated alkanes) is 1. The molecule has 2 rings (SSSR count). The number of methoxy groups -OCH3 is 2. The zero-order valence-electron chi connectivity index (χ0n) is 11.4. The van der Waals surface area contributed by atoms with Gasteiger partial charge in [-0.2, -0.15) is 0 Å². The molecule has 0 fully saturated rings. The Balaban J connectivity index is 1.65. The Morgan fingerprint density at radius 1 is 1.06 bits per heavy atom. The summed E-state index contributed by atoms with van der Waals surface area (Å²) in [5, 5.41) is 0. The summed E-state index contributed by atoms with van der Waals surface area (Å²) in [6.07, 6.45) is 3.30. The molecular formula is C15H23NO2. The Labute approximate surface area is 110 Å². The lowest BCUT2D eigenvalue weighted by Gasteiger charge is -2.16. The van der Waals surface area contributed by atoms with Gasteiger partial charge in [0, 0.05) is 27.3 Å². The third kappa shape index (κ3) is 3.55. The minimum atomic E-state index is -0.0409. The first-order valence-corrected chi connectivity index (χ1v) is 6.68. The lowest BCUT2D eigenvalue weighted by Crippen LogP contribution is -2.18. The third-order valence-corrected chi connectivity index (χ3v) is 3.60. The fourth-order valence-corrected chi connectivity index (χ4v) is 2.54. The summed E-state index contributed by atoms with van der Waals surface area (Å²) in [5.74, 6) is 0. The molecule has 18 heavy (non-hydrogen) atoms. The minimum absolute atomic E-state index is 0.0409. The van der Waals surface area contributed by atoms with Gasteiger partial charge in [0.2, 0.25) is 0 Å². The van der Waals surface area contributed by atoms with Crippen LogP contribution in [0.25, 0.3) is 0 Å². The van der Waals surface area contributed by atoms with Gasteiger partial charge in [-0.3, -0.25) is 4.90 Å². The summed E-state index contributed by atoms with van der Waals surface area (Å²) in [5.41, 5.74) is 2.98. The van der Waals surface area contributed by atoms with Crippen LogP contribution in [0.15, 0.2) is 24.3 Å². The van der Waals surface area contributed by atoms with Crippen LogP contribution in [0.4, 0.5) is 0 Å². The Hall–Kier alpha value is -0.900. The van der Waals surface area contributed by atoms with Gasteiger partial charge in [-0.25, -0.2) is 0 Å².